The molecule has 29 heavy (non-hydrogen) atoms. The van der Waals surface area contributed by atoms with Crippen LogP contribution < -0.4 is 0 Å². The van der Waals surface area contributed by atoms with Crippen molar-refractivity contribution in [2.24, 2.45) is 16.3 Å². The molecule has 1 fully saturated rings. The van der Waals surface area contributed by atoms with E-state index >= 15 is 0 Å². The highest BCUT2D eigenvalue weighted by Crippen LogP contribution is 2.48. The van der Waals surface area contributed by atoms with Gasteiger partial charge in [-0.15, -0.1) is 0 Å². The summed E-state index contributed by atoms with van der Waals surface area (Å²) >= 11 is 0. The summed E-state index contributed by atoms with van der Waals surface area (Å²) in [7, 11) is 0. The number of ether oxygens (including phenoxy) is 1. The Morgan fingerprint density at radius 1 is 1.07 bits per heavy atom. The van der Waals surface area contributed by atoms with Gasteiger partial charge in [0, 0.05) is 29.3 Å². The molecule has 0 aromatic heterocycles. The zero-order valence-electron chi connectivity index (χ0n) is 17.7. The van der Waals surface area contributed by atoms with Crippen molar-refractivity contribution in [2.45, 2.75) is 77.7 Å². The molecule has 1 aromatic rings. The Bertz CT molecular complexity index is 859. The minimum absolute atomic E-state index is 0.00293. The van der Waals surface area contributed by atoms with Crippen molar-refractivity contribution in [1.82, 2.24) is 0 Å². The van der Waals surface area contributed by atoms with Crippen LogP contribution >= 0.6 is 0 Å². The van der Waals surface area contributed by atoms with Crippen LogP contribution in [0.4, 0.5) is 0 Å². The molecule has 4 rings (SSSR count). The molecule has 0 spiro atoms. The maximum atomic E-state index is 13.3. The number of nitrogens with zero attached hydrogens (tertiary/aromatic N) is 1. The zero-order chi connectivity index (χ0) is 20.6. The SMILES string of the molecule is CC1=NC2=C(C(=O)CC(C)(C)C2)[C@H](c2ccccc2)C1C(=O)OC1CCCCC1. The van der Waals surface area contributed by atoms with Gasteiger partial charge in [0.25, 0.3) is 0 Å². The molecule has 0 amide bonds. The summed E-state index contributed by atoms with van der Waals surface area (Å²) in [6.07, 6.45) is 6.56. The number of hydrogen-bond donors (Lipinski definition) is 0. The average Bonchev–Trinajstić information content (AvgIpc) is 2.67. The highest BCUT2D eigenvalue weighted by Gasteiger charge is 2.46. The van der Waals surface area contributed by atoms with Crippen LogP contribution in [0, 0.1) is 11.3 Å². The molecule has 1 unspecified atom stereocenters. The number of allylic oxidation sites excluding steroid dienone is 2. The fourth-order valence-corrected chi connectivity index (χ4v) is 5.19. The predicted molar refractivity (Wildman–Crippen MR) is 114 cm³/mol. The second-order valence-corrected chi connectivity index (χ2v) is 9.62. The summed E-state index contributed by atoms with van der Waals surface area (Å²) in [5.41, 5.74) is 3.25. The summed E-state index contributed by atoms with van der Waals surface area (Å²) in [5.74, 6) is -0.931. The molecule has 1 heterocycles. The van der Waals surface area contributed by atoms with E-state index in [4.69, 9.17) is 9.73 Å². The van der Waals surface area contributed by atoms with Crippen molar-refractivity contribution >= 4 is 17.5 Å². The second kappa shape index (κ2) is 7.89. The second-order valence-electron chi connectivity index (χ2n) is 9.62. The number of Topliss-reactive ketones (excluding diaryl/α,β-unsaturated/α-hetero) is 1. The van der Waals surface area contributed by atoms with Crippen molar-refractivity contribution in [1.29, 1.82) is 0 Å². The predicted octanol–water partition coefficient (Wildman–Crippen LogP) is 5.38. The molecule has 4 heteroatoms. The number of benzene rings is 1. The summed E-state index contributed by atoms with van der Waals surface area (Å²) in [4.78, 5) is 31.3. The molecule has 0 N–H and O–H groups in total. The van der Waals surface area contributed by atoms with Crippen LogP contribution in [0.25, 0.3) is 0 Å². The number of hydrogen-bond acceptors (Lipinski definition) is 4. The minimum Gasteiger partial charge on any atom is -0.462 e. The standard InChI is InChI=1S/C25H31NO3/c1-16-21(24(28)29-18-12-8-5-9-13-18)22(17-10-6-4-7-11-17)23-19(26-16)14-25(2,3)15-20(23)27/h4,6-7,10-11,18,21-22H,5,8-9,12-15H2,1-3H3/t21?,22-/m1/s1. The topological polar surface area (TPSA) is 55.7 Å². The average molecular weight is 394 g/mol. The lowest BCUT2D eigenvalue weighted by atomic mass is 9.67. The van der Waals surface area contributed by atoms with Crippen LogP contribution in [0.5, 0.6) is 0 Å². The highest BCUT2D eigenvalue weighted by atomic mass is 16.5. The molecule has 0 radical (unpaired) electrons. The smallest absolute Gasteiger partial charge is 0.315 e. The van der Waals surface area contributed by atoms with E-state index < -0.39 is 5.92 Å². The van der Waals surface area contributed by atoms with E-state index in [-0.39, 0.29) is 29.2 Å². The first-order valence-corrected chi connectivity index (χ1v) is 10.9. The summed E-state index contributed by atoms with van der Waals surface area (Å²) < 4.78 is 5.96. The maximum absolute atomic E-state index is 13.3. The van der Waals surface area contributed by atoms with Gasteiger partial charge in [-0.2, -0.15) is 0 Å². The van der Waals surface area contributed by atoms with E-state index in [1.54, 1.807) is 0 Å². The summed E-state index contributed by atoms with van der Waals surface area (Å²) in [6, 6.07) is 9.93. The van der Waals surface area contributed by atoms with Crippen molar-refractivity contribution < 1.29 is 14.3 Å². The normalized spacial score (nSPS) is 27.3. The van der Waals surface area contributed by atoms with Crippen molar-refractivity contribution in [3.05, 3.63) is 47.2 Å². The third-order valence-electron chi connectivity index (χ3n) is 6.55. The lowest BCUT2D eigenvalue weighted by Gasteiger charge is -2.39. The maximum Gasteiger partial charge on any atom is 0.315 e. The molecule has 2 atom stereocenters. The van der Waals surface area contributed by atoms with Crippen molar-refractivity contribution in [2.75, 3.05) is 0 Å². The van der Waals surface area contributed by atoms with E-state index in [1.807, 2.05) is 37.3 Å². The summed E-state index contributed by atoms with van der Waals surface area (Å²) in [6.45, 7) is 6.14. The van der Waals surface area contributed by atoms with Gasteiger partial charge in [0.15, 0.2) is 5.78 Å². The van der Waals surface area contributed by atoms with Crippen LogP contribution in [0.2, 0.25) is 0 Å². The molecule has 154 valence electrons. The first-order chi connectivity index (χ1) is 13.9. The summed E-state index contributed by atoms with van der Waals surface area (Å²) in [5, 5.41) is 0. The fraction of sp³-hybridized carbons (Fsp3) is 0.560. The van der Waals surface area contributed by atoms with Crippen LogP contribution in [0.1, 0.15) is 77.2 Å². The van der Waals surface area contributed by atoms with Gasteiger partial charge in [0.05, 0.1) is 0 Å². The van der Waals surface area contributed by atoms with Crippen molar-refractivity contribution in [3.63, 3.8) is 0 Å². The quantitative estimate of drug-likeness (QED) is 0.648. The van der Waals surface area contributed by atoms with Gasteiger partial charge in [0.2, 0.25) is 0 Å². The Morgan fingerprint density at radius 3 is 2.45 bits per heavy atom. The van der Waals surface area contributed by atoms with Gasteiger partial charge in [-0.1, -0.05) is 50.6 Å². The lowest BCUT2D eigenvalue weighted by molar-refractivity contribution is -0.153. The Labute approximate surface area is 173 Å². The molecular weight excluding hydrogens is 362 g/mol. The number of carbonyl (C=O) groups excluding carboxylic acids is 2. The van der Waals surface area contributed by atoms with Gasteiger partial charge in [-0.05, 0) is 50.0 Å². The highest BCUT2D eigenvalue weighted by molar-refractivity contribution is 6.09. The van der Waals surface area contributed by atoms with Crippen LogP contribution in [-0.4, -0.2) is 23.6 Å². The van der Waals surface area contributed by atoms with Gasteiger partial charge in [-0.3, -0.25) is 14.6 Å². The number of ketones is 1. The Hall–Kier alpha value is -2.23. The molecule has 1 aliphatic heterocycles. The molecule has 3 aliphatic rings. The molecule has 0 bridgehead atoms. The Morgan fingerprint density at radius 2 is 1.76 bits per heavy atom. The molecule has 2 aliphatic carbocycles. The van der Waals surface area contributed by atoms with E-state index in [1.165, 1.54) is 6.42 Å². The first kappa shape index (κ1) is 20.1. The zero-order valence-corrected chi connectivity index (χ0v) is 17.7. The van der Waals surface area contributed by atoms with Crippen molar-refractivity contribution in [3.8, 4) is 0 Å². The first-order valence-electron chi connectivity index (χ1n) is 10.9. The third-order valence-corrected chi connectivity index (χ3v) is 6.55. The molecule has 1 aromatic carbocycles. The monoisotopic (exact) mass is 393 g/mol. The lowest BCUT2D eigenvalue weighted by Crippen LogP contribution is -2.40. The van der Waals surface area contributed by atoms with Gasteiger partial charge in [-0.25, -0.2) is 0 Å². The van der Waals surface area contributed by atoms with Gasteiger partial charge >= 0.3 is 5.97 Å². The van der Waals surface area contributed by atoms with E-state index in [0.717, 1.165) is 54.6 Å². The molecule has 1 saturated carbocycles. The third kappa shape index (κ3) is 4.08. The minimum atomic E-state index is -0.525. The van der Waals surface area contributed by atoms with E-state index in [0.29, 0.717) is 6.42 Å². The van der Waals surface area contributed by atoms with E-state index in [2.05, 4.69) is 13.8 Å². The number of carbonyl (C=O) groups is 2. The number of rotatable bonds is 3. The van der Waals surface area contributed by atoms with Gasteiger partial charge < -0.3 is 4.74 Å². The van der Waals surface area contributed by atoms with Gasteiger partial charge in [0.1, 0.15) is 12.0 Å². The Balaban J connectivity index is 1.73. The molecule has 4 nitrogen and oxygen atoms in total. The molecule has 0 saturated heterocycles. The van der Waals surface area contributed by atoms with E-state index in [9.17, 15) is 9.59 Å². The van der Waals surface area contributed by atoms with Crippen LogP contribution in [0.3, 0.4) is 0 Å². The Kier molecular flexibility index (Phi) is 5.46. The van der Waals surface area contributed by atoms with Crippen LogP contribution in [-0.2, 0) is 14.3 Å². The molecular formula is C25H31NO3. The largest absolute Gasteiger partial charge is 0.462 e. The number of esters is 1. The van der Waals surface area contributed by atoms with Crippen LogP contribution in [0.15, 0.2) is 46.6 Å². The fourth-order valence-electron chi connectivity index (χ4n) is 5.19. The number of aliphatic imine (C=N–C) groups is 1.